The molecule has 0 atom stereocenters. The van der Waals surface area contributed by atoms with Gasteiger partial charge in [-0.05, 0) is 50.4 Å². The van der Waals surface area contributed by atoms with Crippen LogP contribution in [-0.4, -0.2) is 5.54 Å². The Hall–Kier alpha value is -0.0400. The Morgan fingerprint density at radius 1 is 0.941 bits per heavy atom. The summed E-state index contributed by atoms with van der Waals surface area (Å²) in [5.74, 6) is 2.01. The molecule has 0 unspecified atom stereocenters. The SMILES string of the molecule is CCCC1CCC(N)(CCC2CCCC2)CC1. The van der Waals surface area contributed by atoms with Gasteiger partial charge in [0.2, 0.25) is 0 Å². The van der Waals surface area contributed by atoms with E-state index in [9.17, 15) is 0 Å². The van der Waals surface area contributed by atoms with Crippen molar-refractivity contribution in [1.29, 1.82) is 0 Å². The van der Waals surface area contributed by atoms with E-state index in [0.717, 1.165) is 11.8 Å². The first-order valence-corrected chi connectivity index (χ1v) is 8.01. The molecule has 0 bridgehead atoms. The summed E-state index contributed by atoms with van der Waals surface area (Å²) in [4.78, 5) is 0. The van der Waals surface area contributed by atoms with Crippen molar-refractivity contribution in [3.63, 3.8) is 0 Å². The molecule has 0 spiro atoms. The van der Waals surface area contributed by atoms with Crippen molar-refractivity contribution in [3.8, 4) is 0 Å². The summed E-state index contributed by atoms with van der Waals surface area (Å²) in [6.45, 7) is 2.31. The Labute approximate surface area is 108 Å². The summed E-state index contributed by atoms with van der Waals surface area (Å²) >= 11 is 0. The van der Waals surface area contributed by atoms with Gasteiger partial charge in [0.25, 0.3) is 0 Å². The van der Waals surface area contributed by atoms with Crippen LogP contribution in [0.25, 0.3) is 0 Å². The van der Waals surface area contributed by atoms with Crippen LogP contribution in [0.4, 0.5) is 0 Å². The third-order valence-electron chi connectivity index (χ3n) is 5.32. The fraction of sp³-hybridized carbons (Fsp3) is 1.00. The molecular weight excluding hydrogens is 206 g/mol. The van der Waals surface area contributed by atoms with Gasteiger partial charge in [0.15, 0.2) is 0 Å². The van der Waals surface area contributed by atoms with Gasteiger partial charge in [0, 0.05) is 5.54 Å². The summed E-state index contributed by atoms with van der Waals surface area (Å²) in [5, 5.41) is 0. The van der Waals surface area contributed by atoms with E-state index in [1.165, 1.54) is 77.0 Å². The van der Waals surface area contributed by atoms with Crippen LogP contribution >= 0.6 is 0 Å². The lowest BCUT2D eigenvalue weighted by molar-refractivity contribution is 0.202. The first-order valence-electron chi connectivity index (χ1n) is 8.01. The van der Waals surface area contributed by atoms with Crippen molar-refractivity contribution in [3.05, 3.63) is 0 Å². The summed E-state index contributed by atoms with van der Waals surface area (Å²) in [7, 11) is 0. The summed E-state index contributed by atoms with van der Waals surface area (Å²) in [5.41, 5.74) is 6.81. The average Bonchev–Trinajstić information content (AvgIpc) is 2.84. The van der Waals surface area contributed by atoms with Crippen molar-refractivity contribution in [2.24, 2.45) is 17.6 Å². The molecule has 2 saturated carbocycles. The third-order valence-corrected chi connectivity index (χ3v) is 5.32. The van der Waals surface area contributed by atoms with E-state index in [0.29, 0.717) is 0 Å². The van der Waals surface area contributed by atoms with Crippen molar-refractivity contribution in [1.82, 2.24) is 0 Å². The Morgan fingerprint density at radius 2 is 1.53 bits per heavy atom. The molecule has 2 aliphatic carbocycles. The minimum Gasteiger partial charge on any atom is -0.325 e. The van der Waals surface area contributed by atoms with E-state index in [4.69, 9.17) is 5.73 Å². The monoisotopic (exact) mass is 237 g/mol. The zero-order valence-electron chi connectivity index (χ0n) is 11.7. The standard InChI is InChI=1S/C16H31N/c1-2-5-14-8-11-16(17,12-9-14)13-10-15-6-3-4-7-15/h14-15H,2-13,17H2,1H3. The minimum atomic E-state index is 0.215. The molecule has 0 radical (unpaired) electrons. The van der Waals surface area contributed by atoms with Gasteiger partial charge in [0.1, 0.15) is 0 Å². The second-order valence-electron chi connectivity index (χ2n) is 6.78. The molecular formula is C16H31N. The zero-order valence-corrected chi connectivity index (χ0v) is 11.7. The lowest BCUT2D eigenvalue weighted by atomic mass is 9.73. The lowest BCUT2D eigenvalue weighted by Gasteiger charge is -2.38. The Balaban J connectivity index is 1.69. The fourth-order valence-electron chi connectivity index (χ4n) is 3.99. The van der Waals surface area contributed by atoms with Gasteiger partial charge >= 0.3 is 0 Å². The first-order chi connectivity index (χ1) is 8.22. The number of hydrogen-bond acceptors (Lipinski definition) is 1. The molecule has 1 heteroatoms. The molecule has 0 aromatic carbocycles. The van der Waals surface area contributed by atoms with E-state index in [-0.39, 0.29) is 5.54 Å². The molecule has 2 aliphatic rings. The van der Waals surface area contributed by atoms with Crippen LogP contribution in [0.5, 0.6) is 0 Å². The van der Waals surface area contributed by atoms with Gasteiger partial charge < -0.3 is 5.73 Å². The van der Waals surface area contributed by atoms with Crippen molar-refractivity contribution < 1.29 is 0 Å². The van der Waals surface area contributed by atoms with Crippen molar-refractivity contribution in [2.75, 3.05) is 0 Å². The minimum absolute atomic E-state index is 0.215. The Kier molecular flexibility index (Phi) is 4.90. The van der Waals surface area contributed by atoms with Crippen LogP contribution in [-0.2, 0) is 0 Å². The highest BCUT2D eigenvalue weighted by atomic mass is 14.7. The first kappa shape index (κ1) is 13.4. The van der Waals surface area contributed by atoms with Crippen LogP contribution < -0.4 is 5.73 Å². The maximum atomic E-state index is 6.60. The Bertz CT molecular complexity index is 210. The van der Waals surface area contributed by atoms with Crippen LogP contribution in [0.2, 0.25) is 0 Å². The van der Waals surface area contributed by atoms with Gasteiger partial charge in [-0.25, -0.2) is 0 Å². The molecule has 2 rings (SSSR count). The van der Waals surface area contributed by atoms with E-state index in [2.05, 4.69) is 6.92 Å². The topological polar surface area (TPSA) is 26.0 Å². The van der Waals surface area contributed by atoms with Crippen LogP contribution in [0.1, 0.15) is 84.0 Å². The van der Waals surface area contributed by atoms with Gasteiger partial charge in [-0.1, -0.05) is 45.4 Å². The van der Waals surface area contributed by atoms with E-state index in [1.54, 1.807) is 0 Å². The molecule has 0 amide bonds. The molecule has 17 heavy (non-hydrogen) atoms. The fourth-order valence-corrected chi connectivity index (χ4v) is 3.99. The quantitative estimate of drug-likeness (QED) is 0.740. The molecule has 0 saturated heterocycles. The highest BCUT2D eigenvalue weighted by Gasteiger charge is 2.31. The summed E-state index contributed by atoms with van der Waals surface area (Å²) in [6.07, 6.45) is 16.8. The van der Waals surface area contributed by atoms with Crippen LogP contribution in [0, 0.1) is 11.8 Å². The molecule has 0 aliphatic heterocycles. The van der Waals surface area contributed by atoms with E-state index >= 15 is 0 Å². The molecule has 1 nitrogen and oxygen atoms in total. The maximum absolute atomic E-state index is 6.60. The third kappa shape index (κ3) is 3.98. The molecule has 2 fully saturated rings. The van der Waals surface area contributed by atoms with Gasteiger partial charge in [-0.3, -0.25) is 0 Å². The lowest BCUT2D eigenvalue weighted by Crippen LogP contribution is -2.43. The Morgan fingerprint density at radius 3 is 2.12 bits per heavy atom. The molecule has 100 valence electrons. The molecule has 0 aromatic rings. The zero-order chi connectivity index (χ0) is 12.1. The van der Waals surface area contributed by atoms with E-state index < -0.39 is 0 Å². The normalized spacial score (nSPS) is 35.3. The predicted molar refractivity (Wildman–Crippen MR) is 75.0 cm³/mol. The van der Waals surface area contributed by atoms with Gasteiger partial charge in [-0.2, -0.15) is 0 Å². The molecule has 0 aromatic heterocycles. The molecule has 2 N–H and O–H groups in total. The largest absolute Gasteiger partial charge is 0.325 e. The van der Waals surface area contributed by atoms with E-state index in [1.807, 2.05) is 0 Å². The van der Waals surface area contributed by atoms with Crippen molar-refractivity contribution in [2.45, 2.75) is 89.5 Å². The van der Waals surface area contributed by atoms with Crippen molar-refractivity contribution >= 4 is 0 Å². The number of rotatable bonds is 5. The van der Waals surface area contributed by atoms with Gasteiger partial charge in [0.05, 0.1) is 0 Å². The highest BCUT2D eigenvalue weighted by molar-refractivity contribution is 4.90. The van der Waals surface area contributed by atoms with Crippen LogP contribution in [0.3, 0.4) is 0 Å². The summed E-state index contributed by atoms with van der Waals surface area (Å²) in [6, 6.07) is 0. The number of hydrogen-bond donors (Lipinski definition) is 1. The molecule has 0 heterocycles. The second kappa shape index (κ2) is 6.22. The second-order valence-corrected chi connectivity index (χ2v) is 6.78. The highest BCUT2D eigenvalue weighted by Crippen LogP contribution is 2.38. The smallest absolute Gasteiger partial charge is 0.0154 e. The van der Waals surface area contributed by atoms with Crippen LogP contribution in [0.15, 0.2) is 0 Å². The predicted octanol–water partition coefficient (Wildman–Crippen LogP) is 4.64. The maximum Gasteiger partial charge on any atom is 0.0154 e. The number of nitrogens with two attached hydrogens (primary N) is 1. The van der Waals surface area contributed by atoms with Gasteiger partial charge in [-0.15, -0.1) is 0 Å². The summed E-state index contributed by atoms with van der Waals surface area (Å²) < 4.78 is 0. The average molecular weight is 237 g/mol.